The van der Waals surface area contributed by atoms with Gasteiger partial charge < -0.3 is 10.2 Å². The highest BCUT2D eigenvalue weighted by atomic mass is 79.9. The summed E-state index contributed by atoms with van der Waals surface area (Å²) in [7, 11) is -4.03. The number of fused-ring (bicyclic) bond motifs is 1. The van der Waals surface area contributed by atoms with Crippen LogP contribution < -0.4 is 20.8 Å². The van der Waals surface area contributed by atoms with Gasteiger partial charge in [-0.25, -0.2) is 13.6 Å². The van der Waals surface area contributed by atoms with E-state index in [4.69, 9.17) is 17.4 Å². The molecule has 0 radical (unpaired) electrons. The molecule has 3 aromatic carbocycles. The number of rotatable bonds is 5. The second-order valence-electron chi connectivity index (χ2n) is 7.82. The van der Waals surface area contributed by atoms with E-state index >= 15 is 0 Å². The molecule has 4 rings (SSSR count). The topological polar surface area (TPSA) is 117 Å². The predicted molar refractivity (Wildman–Crippen MR) is 140 cm³/mol. The third-order valence-electron chi connectivity index (χ3n) is 5.26. The first-order valence-electron chi connectivity index (χ1n) is 10.4. The Hall–Kier alpha value is -3.33. The molecule has 0 fully saturated rings. The second kappa shape index (κ2) is 10.2. The van der Waals surface area contributed by atoms with E-state index in [1.165, 1.54) is 35.2 Å². The summed E-state index contributed by atoms with van der Waals surface area (Å²) in [6.45, 7) is -0.124. The Kier molecular flexibility index (Phi) is 7.37. The van der Waals surface area contributed by atoms with Gasteiger partial charge in [-0.2, -0.15) is 18.3 Å². The maximum atomic E-state index is 13.3. The summed E-state index contributed by atoms with van der Waals surface area (Å²) in [6, 6.07) is 15.5. The quantitative estimate of drug-likeness (QED) is 0.292. The van der Waals surface area contributed by atoms with Crippen molar-refractivity contribution in [1.29, 1.82) is 0 Å². The fourth-order valence-corrected chi connectivity index (χ4v) is 4.86. The number of primary sulfonamides is 1. The van der Waals surface area contributed by atoms with E-state index in [1.807, 2.05) is 0 Å². The van der Waals surface area contributed by atoms with Gasteiger partial charge in [0.15, 0.2) is 10.8 Å². The number of carbonyl (C=O) groups excluding carboxylic acids is 1. The van der Waals surface area contributed by atoms with Gasteiger partial charge in [0, 0.05) is 10.0 Å². The van der Waals surface area contributed by atoms with E-state index in [1.54, 1.807) is 24.3 Å². The van der Waals surface area contributed by atoms with Crippen LogP contribution in [0.4, 0.5) is 24.5 Å². The van der Waals surface area contributed by atoms with Crippen LogP contribution >= 0.6 is 28.1 Å². The minimum atomic E-state index is -4.52. The number of para-hydroxylation sites is 1. The molecule has 1 aliphatic rings. The highest BCUT2D eigenvalue weighted by Crippen LogP contribution is 2.34. The zero-order valence-electron chi connectivity index (χ0n) is 18.6. The number of sulfonamides is 1. The monoisotopic (exact) mass is 611 g/mol. The Labute approximate surface area is 223 Å². The number of nitrogens with two attached hydrogens (primary N) is 1. The molecule has 0 bridgehead atoms. The number of amides is 1. The van der Waals surface area contributed by atoms with Gasteiger partial charge in [-0.05, 0) is 60.2 Å². The zero-order valence-corrected chi connectivity index (χ0v) is 21.8. The van der Waals surface area contributed by atoms with Crippen LogP contribution in [0, 0.1) is 0 Å². The van der Waals surface area contributed by atoms with E-state index in [9.17, 15) is 26.4 Å². The molecule has 0 saturated heterocycles. The molecule has 3 aromatic rings. The van der Waals surface area contributed by atoms with E-state index in [0.29, 0.717) is 15.7 Å². The molecule has 0 aromatic heterocycles. The largest absolute Gasteiger partial charge is 0.416 e. The van der Waals surface area contributed by atoms with Crippen molar-refractivity contribution in [3.63, 3.8) is 0 Å². The van der Waals surface area contributed by atoms with Crippen LogP contribution in [0.25, 0.3) is 0 Å². The Morgan fingerprint density at radius 3 is 2.51 bits per heavy atom. The van der Waals surface area contributed by atoms with Crippen LogP contribution in [0.15, 0.2) is 81.2 Å². The summed E-state index contributed by atoms with van der Waals surface area (Å²) in [6.07, 6.45) is -4.52. The minimum Gasteiger partial charge on any atom is -0.330 e. The van der Waals surface area contributed by atoms with Gasteiger partial charge in [-0.15, -0.1) is 0 Å². The predicted octanol–water partition coefficient (Wildman–Crippen LogP) is 4.35. The van der Waals surface area contributed by atoms with Gasteiger partial charge in [-0.3, -0.25) is 10.2 Å². The number of anilines is 2. The van der Waals surface area contributed by atoms with Crippen molar-refractivity contribution in [1.82, 2.24) is 5.43 Å². The SMILES string of the molecule is NS(=O)(=O)c1ccccc1NC(=S)NN=C1C(=O)N(Cc2cccc(C(F)(F)F)c2)c2ccc(Br)cc21. The molecular formula is C23H17BrF3N5O3S2. The third kappa shape index (κ3) is 5.98. The Morgan fingerprint density at radius 2 is 1.81 bits per heavy atom. The van der Waals surface area contributed by atoms with Gasteiger partial charge >= 0.3 is 6.18 Å². The summed E-state index contributed by atoms with van der Waals surface area (Å²) in [4.78, 5) is 14.4. The van der Waals surface area contributed by atoms with Crippen molar-refractivity contribution in [2.24, 2.45) is 10.2 Å². The number of hydrazone groups is 1. The fourth-order valence-electron chi connectivity index (χ4n) is 3.65. The molecule has 0 spiro atoms. The molecule has 4 N–H and O–H groups in total. The lowest BCUT2D eigenvalue weighted by atomic mass is 10.1. The maximum Gasteiger partial charge on any atom is 0.416 e. The van der Waals surface area contributed by atoms with Crippen LogP contribution in [0.5, 0.6) is 0 Å². The number of benzene rings is 3. The van der Waals surface area contributed by atoms with E-state index in [-0.39, 0.29) is 33.5 Å². The molecule has 37 heavy (non-hydrogen) atoms. The smallest absolute Gasteiger partial charge is 0.330 e. The van der Waals surface area contributed by atoms with E-state index < -0.39 is 27.7 Å². The number of carbonyl (C=O) groups is 1. The summed E-state index contributed by atoms with van der Waals surface area (Å²) < 4.78 is 63.7. The standard InChI is InChI=1S/C23H17BrF3N5O3S2/c24-15-8-9-18-16(11-15)20(21(33)32(18)12-13-4-3-5-14(10-13)23(25,26)27)30-31-22(36)29-17-6-1-2-7-19(17)37(28,34)35/h1-11H,12H2,(H2,28,34,35)(H2,29,31,36). The van der Waals surface area contributed by atoms with Crippen molar-refractivity contribution >= 4 is 66.3 Å². The highest BCUT2D eigenvalue weighted by molar-refractivity contribution is 9.10. The average molecular weight is 612 g/mol. The van der Waals surface area contributed by atoms with Crippen molar-refractivity contribution in [3.05, 3.63) is 87.9 Å². The molecule has 0 saturated carbocycles. The number of thiocarbonyl (C=S) groups is 1. The number of nitrogens with zero attached hydrogens (tertiary/aromatic N) is 2. The summed E-state index contributed by atoms with van der Waals surface area (Å²) in [5, 5.41) is 11.9. The van der Waals surface area contributed by atoms with Crippen LogP contribution in [-0.4, -0.2) is 25.1 Å². The van der Waals surface area contributed by atoms with Gasteiger partial charge in [0.2, 0.25) is 10.0 Å². The minimum absolute atomic E-state index is 0.0350. The van der Waals surface area contributed by atoms with Crippen molar-refractivity contribution < 1.29 is 26.4 Å². The van der Waals surface area contributed by atoms with Crippen LogP contribution in [0.1, 0.15) is 16.7 Å². The van der Waals surface area contributed by atoms with Gasteiger partial charge in [0.25, 0.3) is 5.91 Å². The molecule has 8 nitrogen and oxygen atoms in total. The number of hydrogen-bond acceptors (Lipinski definition) is 5. The molecular weight excluding hydrogens is 595 g/mol. The number of halogens is 4. The maximum absolute atomic E-state index is 13.3. The summed E-state index contributed by atoms with van der Waals surface area (Å²) in [5.41, 5.74) is 2.92. The highest BCUT2D eigenvalue weighted by Gasteiger charge is 2.35. The summed E-state index contributed by atoms with van der Waals surface area (Å²) >= 11 is 8.54. The lowest BCUT2D eigenvalue weighted by Gasteiger charge is -2.18. The van der Waals surface area contributed by atoms with Crippen molar-refractivity contribution in [2.45, 2.75) is 17.6 Å². The first-order valence-corrected chi connectivity index (χ1v) is 13.1. The van der Waals surface area contributed by atoms with E-state index in [0.717, 1.165) is 12.1 Å². The van der Waals surface area contributed by atoms with Crippen LogP contribution in [0.2, 0.25) is 0 Å². The van der Waals surface area contributed by atoms with Gasteiger partial charge in [-0.1, -0.05) is 40.2 Å². The lowest BCUT2D eigenvalue weighted by molar-refractivity contribution is -0.137. The Morgan fingerprint density at radius 1 is 1.08 bits per heavy atom. The Bertz CT molecular complexity index is 1540. The Balaban J connectivity index is 1.60. The second-order valence-corrected chi connectivity index (χ2v) is 10.7. The molecule has 0 atom stereocenters. The first kappa shape index (κ1) is 26.7. The van der Waals surface area contributed by atoms with Crippen LogP contribution in [0.3, 0.4) is 0 Å². The molecule has 0 unspecified atom stereocenters. The number of hydrogen-bond donors (Lipinski definition) is 3. The average Bonchev–Trinajstić information content (AvgIpc) is 3.07. The van der Waals surface area contributed by atoms with Gasteiger partial charge in [0.1, 0.15) is 4.90 Å². The molecule has 14 heteroatoms. The van der Waals surface area contributed by atoms with Crippen LogP contribution in [-0.2, 0) is 27.5 Å². The molecule has 1 amide bonds. The molecule has 0 aliphatic carbocycles. The number of nitrogens with one attached hydrogen (secondary N) is 2. The molecule has 1 aliphatic heterocycles. The normalized spacial score (nSPS) is 14.6. The number of alkyl halides is 3. The van der Waals surface area contributed by atoms with Crippen molar-refractivity contribution in [2.75, 3.05) is 10.2 Å². The third-order valence-corrected chi connectivity index (χ3v) is 6.91. The fraction of sp³-hybridized carbons (Fsp3) is 0.0870. The zero-order chi connectivity index (χ0) is 27.0. The molecule has 192 valence electrons. The van der Waals surface area contributed by atoms with E-state index in [2.05, 4.69) is 31.8 Å². The summed E-state index contributed by atoms with van der Waals surface area (Å²) in [5.74, 6) is -0.564. The van der Waals surface area contributed by atoms with Gasteiger partial charge in [0.05, 0.1) is 23.5 Å². The lowest BCUT2D eigenvalue weighted by Crippen LogP contribution is -2.32. The molecule has 1 heterocycles. The first-order chi connectivity index (χ1) is 17.3. The van der Waals surface area contributed by atoms with Crippen molar-refractivity contribution in [3.8, 4) is 0 Å².